The number of hydrogen-bond acceptors (Lipinski definition) is 2. The molecule has 1 unspecified atom stereocenters. The highest BCUT2D eigenvalue weighted by Crippen LogP contribution is 2.24. The minimum atomic E-state index is -0.298. The first-order chi connectivity index (χ1) is 8.49. The second-order valence-corrected chi connectivity index (χ2v) is 4.71. The molecule has 0 fully saturated rings. The fourth-order valence-corrected chi connectivity index (χ4v) is 2.20. The van der Waals surface area contributed by atoms with Gasteiger partial charge in [-0.25, -0.2) is 4.39 Å². The number of rotatable bonds is 3. The summed E-state index contributed by atoms with van der Waals surface area (Å²) in [7, 11) is 1.83. The maximum absolute atomic E-state index is 13.1. The molecule has 2 N–H and O–H groups in total. The van der Waals surface area contributed by atoms with Crippen molar-refractivity contribution >= 4 is 11.6 Å². The van der Waals surface area contributed by atoms with Crippen LogP contribution >= 0.6 is 11.6 Å². The first-order valence-electron chi connectivity index (χ1n) is 5.68. The third kappa shape index (κ3) is 2.54. The van der Waals surface area contributed by atoms with Gasteiger partial charge in [0.2, 0.25) is 0 Å². The van der Waals surface area contributed by atoms with Gasteiger partial charge in [-0.2, -0.15) is 5.10 Å². The van der Waals surface area contributed by atoms with E-state index in [2.05, 4.69) is 5.10 Å². The molecule has 0 aliphatic heterocycles. The molecule has 0 saturated carbocycles. The summed E-state index contributed by atoms with van der Waals surface area (Å²) < 4.78 is 14.8. The van der Waals surface area contributed by atoms with Crippen molar-refractivity contribution in [3.05, 3.63) is 52.1 Å². The number of aromatic nitrogens is 2. The molecule has 1 heterocycles. The van der Waals surface area contributed by atoms with E-state index in [-0.39, 0.29) is 11.9 Å². The molecule has 1 aromatic heterocycles. The molecule has 2 aromatic rings. The third-order valence-electron chi connectivity index (χ3n) is 2.95. The Kier molecular flexibility index (Phi) is 3.68. The van der Waals surface area contributed by atoms with Crippen molar-refractivity contribution in [3.63, 3.8) is 0 Å². The Morgan fingerprint density at radius 1 is 1.50 bits per heavy atom. The molecule has 1 atom stereocenters. The monoisotopic (exact) mass is 267 g/mol. The third-order valence-corrected chi connectivity index (χ3v) is 3.44. The fourth-order valence-electron chi connectivity index (χ4n) is 1.97. The number of hydrogen-bond donors (Lipinski definition) is 1. The van der Waals surface area contributed by atoms with Crippen LogP contribution in [0.15, 0.2) is 24.3 Å². The van der Waals surface area contributed by atoms with Crippen LogP contribution in [0.3, 0.4) is 0 Å². The zero-order valence-corrected chi connectivity index (χ0v) is 11.1. The van der Waals surface area contributed by atoms with Crippen molar-refractivity contribution in [2.45, 2.75) is 19.4 Å². The van der Waals surface area contributed by atoms with Crippen LogP contribution in [0.4, 0.5) is 4.39 Å². The van der Waals surface area contributed by atoms with Crippen molar-refractivity contribution in [3.8, 4) is 0 Å². The van der Waals surface area contributed by atoms with Crippen LogP contribution < -0.4 is 5.73 Å². The van der Waals surface area contributed by atoms with Crippen LogP contribution in [-0.2, 0) is 13.5 Å². The second-order valence-electron chi connectivity index (χ2n) is 4.34. The van der Waals surface area contributed by atoms with E-state index >= 15 is 0 Å². The van der Waals surface area contributed by atoms with Gasteiger partial charge in [-0.15, -0.1) is 0 Å². The van der Waals surface area contributed by atoms with Gasteiger partial charge in [-0.1, -0.05) is 23.7 Å². The van der Waals surface area contributed by atoms with E-state index in [4.69, 9.17) is 17.3 Å². The van der Waals surface area contributed by atoms with Gasteiger partial charge in [-0.3, -0.25) is 4.68 Å². The standard InChI is InChI=1S/C13H15ClFN3/c1-8-13(14)12(18(2)17-8)7-11(16)9-4-3-5-10(15)6-9/h3-6,11H,7,16H2,1-2H3. The van der Waals surface area contributed by atoms with Crippen LogP contribution in [0.2, 0.25) is 5.02 Å². The van der Waals surface area contributed by atoms with Gasteiger partial charge in [0.15, 0.2) is 0 Å². The van der Waals surface area contributed by atoms with Crippen LogP contribution in [-0.4, -0.2) is 9.78 Å². The highest BCUT2D eigenvalue weighted by Gasteiger charge is 2.16. The summed E-state index contributed by atoms with van der Waals surface area (Å²) in [5.74, 6) is -0.282. The molecule has 5 heteroatoms. The molecule has 2 rings (SSSR count). The molecular weight excluding hydrogens is 253 g/mol. The topological polar surface area (TPSA) is 43.8 Å². The first-order valence-corrected chi connectivity index (χ1v) is 6.06. The molecule has 0 radical (unpaired) electrons. The molecule has 96 valence electrons. The lowest BCUT2D eigenvalue weighted by Crippen LogP contribution is -2.15. The van der Waals surface area contributed by atoms with Crippen molar-refractivity contribution < 1.29 is 4.39 Å². The van der Waals surface area contributed by atoms with E-state index < -0.39 is 0 Å². The summed E-state index contributed by atoms with van der Waals surface area (Å²) in [6, 6.07) is 6.01. The number of aryl methyl sites for hydroxylation is 2. The number of halogens is 2. The smallest absolute Gasteiger partial charge is 0.123 e. The lowest BCUT2D eigenvalue weighted by Gasteiger charge is -2.12. The van der Waals surface area contributed by atoms with E-state index in [1.165, 1.54) is 12.1 Å². The van der Waals surface area contributed by atoms with Gasteiger partial charge < -0.3 is 5.73 Å². The highest BCUT2D eigenvalue weighted by atomic mass is 35.5. The van der Waals surface area contributed by atoms with Gasteiger partial charge in [0.1, 0.15) is 5.82 Å². The number of nitrogens with zero attached hydrogens (tertiary/aromatic N) is 2. The summed E-state index contributed by atoms with van der Waals surface area (Å²) in [5, 5.41) is 4.86. The average Bonchev–Trinajstić information content (AvgIpc) is 2.56. The number of benzene rings is 1. The van der Waals surface area contributed by atoms with Crippen LogP contribution in [0.1, 0.15) is 23.0 Å². The molecule has 0 aliphatic carbocycles. The average molecular weight is 268 g/mol. The summed E-state index contributed by atoms with van der Waals surface area (Å²) in [6.07, 6.45) is 0.527. The Hall–Kier alpha value is -1.39. The SMILES string of the molecule is Cc1nn(C)c(CC(N)c2cccc(F)c2)c1Cl. The van der Waals surface area contributed by atoms with E-state index in [0.29, 0.717) is 11.4 Å². The zero-order valence-electron chi connectivity index (χ0n) is 10.3. The predicted molar refractivity (Wildman–Crippen MR) is 70.0 cm³/mol. The molecule has 18 heavy (non-hydrogen) atoms. The number of nitrogens with two attached hydrogens (primary N) is 1. The Bertz CT molecular complexity index is 565. The summed E-state index contributed by atoms with van der Waals surface area (Å²) in [6.45, 7) is 1.85. The lowest BCUT2D eigenvalue weighted by atomic mass is 10.0. The maximum Gasteiger partial charge on any atom is 0.123 e. The predicted octanol–water partition coefficient (Wildman–Crippen LogP) is 2.76. The Labute approximate surface area is 110 Å². The minimum absolute atomic E-state index is 0.282. The summed E-state index contributed by atoms with van der Waals surface area (Å²) >= 11 is 6.16. The molecular formula is C13H15ClFN3. The lowest BCUT2D eigenvalue weighted by molar-refractivity contribution is 0.610. The van der Waals surface area contributed by atoms with Crippen molar-refractivity contribution in [1.29, 1.82) is 0 Å². The molecule has 1 aromatic carbocycles. The van der Waals surface area contributed by atoms with Crippen LogP contribution in [0.25, 0.3) is 0 Å². The van der Waals surface area contributed by atoms with Gasteiger partial charge in [0.25, 0.3) is 0 Å². The summed E-state index contributed by atoms with van der Waals surface area (Å²) in [4.78, 5) is 0. The first kappa shape index (κ1) is 13.1. The van der Waals surface area contributed by atoms with Gasteiger partial charge in [0.05, 0.1) is 16.4 Å². The molecule has 0 spiro atoms. The molecule has 0 saturated heterocycles. The minimum Gasteiger partial charge on any atom is -0.324 e. The Morgan fingerprint density at radius 2 is 2.22 bits per heavy atom. The van der Waals surface area contributed by atoms with Gasteiger partial charge in [-0.05, 0) is 24.6 Å². The maximum atomic E-state index is 13.1. The van der Waals surface area contributed by atoms with Crippen molar-refractivity contribution in [2.75, 3.05) is 0 Å². The quantitative estimate of drug-likeness (QED) is 0.929. The van der Waals surface area contributed by atoms with Crippen LogP contribution in [0.5, 0.6) is 0 Å². The summed E-state index contributed by atoms with van der Waals surface area (Å²) in [5.41, 5.74) is 8.48. The molecule has 0 amide bonds. The van der Waals surface area contributed by atoms with Crippen molar-refractivity contribution in [1.82, 2.24) is 9.78 Å². The van der Waals surface area contributed by atoms with Gasteiger partial charge >= 0.3 is 0 Å². The van der Waals surface area contributed by atoms with Crippen molar-refractivity contribution in [2.24, 2.45) is 12.8 Å². The fraction of sp³-hybridized carbons (Fsp3) is 0.308. The van der Waals surface area contributed by atoms with E-state index in [9.17, 15) is 4.39 Å². The molecule has 0 aliphatic rings. The van der Waals surface area contributed by atoms with Crippen LogP contribution in [0, 0.1) is 12.7 Å². The molecule has 3 nitrogen and oxygen atoms in total. The zero-order chi connectivity index (χ0) is 13.3. The second kappa shape index (κ2) is 5.08. The Balaban J connectivity index is 2.24. The van der Waals surface area contributed by atoms with E-state index in [1.54, 1.807) is 10.7 Å². The molecule has 0 bridgehead atoms. The largest absolute Gasteiger partial charge is 0.324 e. The Morgan fingerprint density at radius 3 is 2.78 bits per heavy atom. The highest BCUT2D eigenvalue weighted by molar-refractivity contribution is 6.31. The van der Waals surface area contributed by atoms with E-state index in [1.807, 2.05) is 20.0 Å². The van der Waals surface area contributed by atoms with E-state index in [0.717, 1.165) is 17.0 Å². The normalized spacial score (nSPS) is 12.7. The van der Waals surface area contributed by atoms with Gasteiger partial charge in [0, 0.05) is 19.5 Å².